The molecule has 1 aromatic carbocycles. The van der Waals surface area contributed by atoms with E-state index in [9.17, 15) is 14.4 Å². The molecule has 0 atom stereocenters. The predicted molar refractivity (Wildman–Crippen MR) is 142 cm³/mol. The Balaban J connectivity index is 1.55. The second-order valence-corrected chi connectivity index (χ2v) is 10.6. The van der Waals surface area contributed by atoms with Gasteiger partial charge in [-0.2, -0.15) is 0 Å². The Morgan fingerprint density at radius 1 is 1.11 bits per heavy atom. The number of hydrogen-bond acceptors (Lipinski definition) is 10. The molecule has 1 amide bonds. The van der Waals surface area contributed by atoms with Gasteiger partial charge >= 0.3 is 11.9 Å². The fourth-order valence-corrected chi connectivity index (χ4v) is 6.53. The summed E-state index contributed by atoms with van der Waals surface area (Å²) in [5.41, 5.74) is 1.55. The molecule has 188 valence electrons. The Bertz CT molecular complexity index is 1440. The molecule has 0 bridgehead atoms. The molecular weight excluding hydrogens is 520 g/mol. The van der Waals surface area contributed by atoms with E-state index in [2.05, 4.69) is 40.0 Å². The van der Waals surface area contributed by atoms with Gasteiger partial charge in [0.05, 0.1) is 25.5 Å². The molecule has 4 aromatic rings. The lowest BCUT2D eigenvalue weighted by Gasteiger charge is -2.09. The number of amides is 1. The maximum Gasteiger partial charge on any atom is 0.348 e. The number of rotatable bonds is 9. The fraction of sp³-hybridized carbons (Fsp3) is 0.292. The number of methoxy groups -OCH3 is 2. The number of thioether (sulfide) groups is 1. The van der Waals surface area contributed by atoms with Gasteiger partial charge < -0.3 is 19.4 Å². The zero-order valence-electron chi connectivity index (χ0n) is 20.1. The van der Waals surface area contributed by atoms with Crippen LogP contribution >= 0.6 is 34.4 Å². The molecule has 3 heterocycles. The monoisotopic (exact) mass is 544 g/mol. The molecule has 0 aliphatic rings. The molecule has 0 spiro atoms. The molecule has 36 heavy (non-hydrogen) atoms. The van der Waals surface area contributed by atoms with Crippen LogP contribution in [0.5, 0.6) is 0 Å². The van der Waals surface area contributed by atoms with Crippen LogP contribution in [0.2, 0.25) is 0 Å². The van der Waals surface area contributed by atoms with E-state index in [0.717, 1.165) is 34.5 Å². The minimum Gasteiger partial charge on any atom is -0.465 e. The van der Waals surface area contributed by atoms with Crippen molar-refractivity contribution in [2.24, 2.45) is 0 Å². The van der Waals surface area contributed by atoms with Crippen molar-refractivity contribution in [3.05, 3.63) is 45.6 Å². The van der Waals surface area contributed by atoms with Crippen molar-refractivity contribution < 1.29 is 23.9 Å². The molecule has 0 fully saturated rings. The zero-order chi connectivity index (χ0) is 25.8. The van der Waals surface area contributed by atoms with E-state index in [1.54, 1.807) is 18.3 Å². The average molecular weight is 545 g/mol. The highest BCUT2D eigenvalue weighted by Gasteiger charge is 2.27. The fourth-order valence-electron chi connectivity index (χ4n) is 3.70. The van der Waals surface area contributed by atoms with Gasteiger partial charge in [0, 0.05) is 27.6 Å². The van der Waals surface area contributed by atoms with Crippen molar-refractivity contribution in [2.45, 2.75) is 32.0 Å². The third-order valence-corrected chi connectivity index (χ3v) is 8.50. The maximum absolute atomic E-state index is 12.8. The number of carbonyl (C=O) groups excluding carboxylic acids is 3. The lowest BCUT2D eigenvalue weighted by atomic mass is 10.1. The normalized spacial score (nSPS) is 11.0. The van der Waals surface area contributed by atoms with Gasteiger partial charge in [0.15, 0.2) is 11.0 Å². The van der Waals surface area contributed by atoms with Crippen LogP contribution in [0.15, 0.2) is 34.8 Å². The molecular formula is C24H24N4O5S3. The summed E-state index contributed by atoms with van der Waals surface area (Å²) in [5.74, 6) is -0.772. The highest BCUT2D eigenvalue weighted by molar-refractivity contribution is 7.99. The van der Waals surface area contributed by atoms with Crippen LogP contribution in [0, 0.1) is 6.92 Å². The van der Waals surface area contributed by atoms with E-state index in [1.165, 1.54) is 30.7 Å². The van der Waals surface area contributed by atoms with Crippen molar-refractivity contribution in [1.82, 2.24) is 14.8 Å². The van der Waals surface area contributed by atoms with E-state index in [0.29, 0.717) is 17.3 Å². The van der Waals surface area contributed by atoms with Crippen LogP contribution in [0.25, 0.3) is 21.5 Å². The third-order valence-electron chi connectivity index (χ3n) is 5.38. The van der Waals surface area contributed by atoms with E-state index >= 15 is 0 Å². The first-order valence-electron chi connectivity index (χ1n) is 11.0. The van der Waals surface area contributed by atoms with E-state index in [1.807, 2.05) is 16.7 Å². The van der Waals surface area contributed by atoms with E-state index in [4.69, 9.17) is 9.47 Å². The van der Waals surface area contributed by atoms with Crippen molar-refractivity contribution in [3.63, 3.8) is 0 Å². The number of hydrogen-bond donors (Lipinski definition) is 1. The number of esters is 2. The molecule has 1 N–H and O–H groups in total. The Morgan fingerprint density at radius 2 is 1.86 bits per heavy atom. The molecule has 9 nitrogen and oxygen atoms in total. The Hall–Kier alpha value is -3.22. The third kappa shape index (κ3) is 5.01. The van der Waals surface area contributed by atoms with Crippen molar-refractivity contribution in [2.75, 3.05) is 25.3 Å². The first kappa shape index (κ1) is 25.9. The number of nitrogens with one attached hydrogen (secondary N) is 1. The minimum atomic E-state index is -0.642. The highest BCUT2D eigenvalue weighted by atomic mass is 32.2. The van der Waals surface area contributed by atoms with E-state index < -0.39 is 11.9 Å². The first-order valence-corrected chi connectivity index (χ1v) is 13.7. The van der Waals surface area contributed by atoms with Gasteiger partial charge in [0.25, 0.3) is 0 Å². The van der Waals surface area contributed by atoms with Crippen molar-refractivity contribution in [3.8, 4) is 11.4 Å². The summed E-state index contributed by atoms with van der Waals surface area (Å²) in [6.45, 7) is 4.39. The molecule has 0 aliphatic carbocycles. The summed E-state index contributed by atoms with van der Waals surface area (Å²) in [4.78, 5) is 37.5. The van der Waals surface area contributed by atoms with Crippen LogP contribution in [0.4, 0.5) is 5.00 Å². The lowest BCUT2D eigenvalue weighted by molar-refractivity contribution is -0.113. The molecule has 4 rings (SSSR count). The number of fused-ring (bicyclic) bond motifs is 1. The van der Waals surface area contributed by atoms with Gasteiger partial charge in [0.2, 0.25) is 5.91 Å². The van der Waals surface area contributed by atoms with Crippen LogP contribution in [-0.2, 0) is 20.8 Å². The first-order chi connectivity index (χ1) is 17.4. The van der Waals surface area contributed by atoms with Crippen molar-refractivity contribution >= 4 is 67.4 Å². The second-order valence-electron chi connectivity index (χ2n) is 7.68. The lowest BCUT2D eigenvalue weighted by Crippen LogP contribution is -2.16. The number of benzene rings is 1. The smallest absolute Gasteiger partial charge is 0.348 e. The average Bonchev–Trinajstić information content (AvgIpc) is 3.57. The van der Waals surface area contributed by atoms with Crippen LogP contribution in [-0.4, -0.2) is 52.6 Å². The minimum absolute atomic E-state index is 0.0390. The summed E-state index contributed by atoms with van der Waals surface area (Å²) in [5, 5.41) is 15.6. The number of ether oxygens (including phenoxy) is 2. The molecule has 0 radical (unpaired) electrons. The summed E-state index contributed by atoms with van der Waals surface area (Å²) in [7, 11) is 2.50. The number of aromatic nitrogens is 3. The maximum atomic E-state index is 12.8. The predicted octanol–water partition coefficient (Wildman–Crippen LogP) is 5.24. The number of thiophene rings is 2. The van der Waals surface area contributed by atoms with E-state index in [-0.39, 0.29) is 27.1 Å². The van der Waals surface area contributed by atoms with Crippen LogP contribution in [0.3, 0.4) is 0 Å². The molecule has 0 saturated heterocycles. The molecule has 0 aliphatic heterocycles. The summed E-state index contributed by atoms with van der Waals surface area (Å²) in [6.07, 6.45) is 0.875. The summed E-state index contributed by atoms with van der Waals surface area (Å²) >= 11 is 3.89. The Kier molecular flexibility index (Phi) is 8.07. The van der Waals surface area contributed by atoms with Crippen LogP contribution in [0.1, 0.15) is 38.9 Å². The standard InChI is InChI=1S/C24H24N4O5S3/c1-5-10-28-20(15-11-34-16-9-7-6-8-14(15)16)26-27-24(28)35-12-17(29)25-21-18(22(30)32-3)13(2)19(36-21)23(31)33-4/h6-9,11H,5,10,12H2,1-4H3,(H,25,29). The summed E-state index contributed by atoms with van der Waals surface area (Å²) in [6, 6.07) is 8.15. The Morgan fingerprint density at radius 3 is 2.58 bits per heavy atom. The quantitative estimate of drug-likeness (QED) is 0.225. The van der Waals surface area contributed by atoms with Gasteiger partial charge in [0.1, 0.15) is 9.88 Å². The van der Waals surface area contributed by atoms with Crippen LogP contribution < -0.4 is 5.32 Å². The van der Waals surface area contributed by atoms with Gasteiger partial charge in [-0.15, -0.1) is 32.9 Å². The summed E-state index contributed by atoms with van der Waals surface area (Å²) < 4.78 is 12.8. The topological polar surface area (TPSA) is 112 Å². The van der Waals surface area contributed by atoms with Gasteiger partial charge in [-0.1, -0.05) is 36.9 Å². The number of carbonyl (C=O) groups is 3. The van der Waals surface area contributed by atoms with Gasteiger partial charge in [-0.3, -0.25) is 4.79 Å². The SMILES string of the molecule is CCCn1c(SCC(=O)Nc2sc(C(=O)OC)c(C)c2C(=O)OC)nnc1-c1csc2ccccc12. The van der Waals surface area contributed by atoms with Gasteiger partial charge in [-0.05, 0) is 25.0 Å². The highest BCUT2D eigenvalue weighted by Crippen LogP contribution is 2.36. The molecule has 3 aromatic heterocycles. The molecule has 12 heteroatoms. The molecule has 0 unspecified atom stereocenters. The number of anilines is 1. The second kappa shape index (κ2) is 11.2. The molecule has 0 saturated carbocycles. The number of nitrogens with zero attached hydrogens (tertiary/aromatic N) is 3. The van der Waals surface area contributed by atoms with Crippen molar-refractivity contribution in [1.29, 1.82) is 0 Å². The zero-order valence-corrected chi connectivity index (χ0v) is 22.6. The Labute approximate surface area is 219 Å². The largest absolute Gasteiger partial charge is 0.465 e. The van der Waals surface area contributed by atoms with Gasteiger partial charge in [-0.25, -0.2) is 9.59 Å².